The fourth-order valence-corrected chi connectivity index (χ4v) is 2.09. The summed E-state index contributed by atoms with van der Waals surface area (Å²) < 4.78 is 0. The first-order chi connectivity index (χ1) is 9.74. The number of pyridine rings is 1. The molecule has 0 saturated carbocycles. The zero-order valence-corrected chi connectivity index (χ0v) is 11.1. The molecular formula is C17H14N2O. The first-order valence-electron chi connectivity index (χ1n) is 6.42. The van der Waals surface area contributed by atoms with Gasteiger partial charge in [0.15, 0.2) is 5.82 Å². The molecule has 3 nitrogen and oxygen atoms in total. The van der Waals surface area contributed by atoms with Crippen LogP contribution in [0.15, 0.2) is 59.6 Å². The van der Waals surface area contributed by atoms with E-state index in [1.807, 2.05) is 49.4 Å². The number of phenols is 1. The standard InChI is InChI=1S/C17H14N2O/c1-12-5-4-7-13-9-10-16(19-17(12)13)18-11-14-6-2-3-8-15(14)20/h2-11,20H,1H3. The summed E-state index contributed by atoms with van der Waals surface area (Å²) in [6.45, 7) is 2.03. The molecule has 3 rings (SSSR count). The van der Waals surface area contributed by atoms with Crippen molar-refractivity contribution in [1.82, 2.24) is 4.98 Å². The summed E-state index contributed by atoms with van der Waals surface area (Å²) in [6, 6.07) is 17.1. The van der Waals surface area contributed by atoms with Crippen molar-refractivity contribution in [1.29, 1.82) is 0 Å². The molecule has 1 aromatic heterocycles. The molecule has 0 bridgehead atoms. The van der Waals surface area contributed by atoms with Gasteiger partial charge in [-0.1, -0.05) is 30.3 Å². The van der Waals surface area contributed by atoms with Gasteiger partial charge in [-0.15, -0.1) is 0 Å². The van der Waals surface area contributed by atoms with Gasteiger partial charge >= 0.3 is 0 Å². The third-order valence-electron chi connectivity index (χ3n) is 3.18. The maximum absolute atomic E-state index is 9.69. The van der Waals surface area contributed by atoms with E-state index in [0.29, 0.717) is 11.4 Å². The number of fused-ring (bicyclic) bond motifs is 1. The Morgan fingerprint density at radius 3 is 2.70 bits per heavy atom. The maximum atomic E-state index is 9.69. The van der Waals surface area contributed by atoms with Crippen LogP contribution in [-0.4, -0.2) is 16.3 Å². The predicted octanol–water partition coefficient (Wildman–Crippen LogP) is 4.00. The predicted molar refractivity (Wildman–Crippen MR) is 81.8 cm³/mol. The highest BCUT2D eigenvalue weighted by Gasteiger charge is 2.00. The fourth-order valence-electron chi connectivity index (χ4n) is 2.09. The smallest absolute Gasteiger partial charge is 0.152 e. The maximum Gasteiger partial charge on any atom is 0.152 e. The van der Waals surface area contributed by atoms with E-state index in [0.717, 1.165) is 16.5 Å². The first kappa shape index (κ1) is 12.4. The van der Waals surface area contributed by atoms with Crippen LogP contribution in [-0.2, 0) is 0 Å². The Morgan fingerprint density at radius 2 is 1.85 bits per heavy atom. The molecule has 0 spiro atoms. The van der Waals surface area contributed by atoms with Gasteiger partial charge in [0.25, 0.3) is 0 Å². The molecule has 98 valence electrons. The number of nitrogens with zero attached hydrogens (tertiary/aromatic N) is 2. The molecule has 3 aromatic rings. The minimum Gasteiger partial charge on any atom is -0.507 e. The summed E-state index contributed by atoms with van der Waals surface area (Å²) in [5.41, 5.74) is 2.76. The van der Waals surface area contributed by atoms with Gasteiger partial charge in [0, 0.05) is 17.2 Å². The Hall–Kier alpha value is -2.68. The fraction of sp³-hybridized carbons (Fsp3) is 0.0588. The average molecular weight is 262 g/mol. The molecule has 0 aliphatic rings. The lowest BCUT2D eigenvalue weighted by atomic mass is 10.1. The summed E-state index contributed by atoms with van der Waals surface area (Å²) in [5.74, 6) is 0.850. The molecule has 2 aromatic carbocycles. The largest absolute Gasteiger partial charge is 0.507 e. The van der Waals surface area contributed by atoms with Gasteiger partial charge in [-0.25, -0.2) is 9.98 Å². The second-order valence-corrected chi connectivity index (χ2v) is 4.63. The Morgan fingerprint density at radius 1 is 1.00 bits per heavy atom. The van der Waals surface area contributed by atoms with Gasteiger partial charge in [-0.2, -0.15) is 0 Å². The van der Waals surface area contributed by atoms with E-state index >= 15 is 0 Å². The van der Waals surface area contributed by atoms with Crippen LogP contribution in [0, 0.1) is 6.92 Å². The lowest BCUT2D eigenvalue weighted by Crippen LogP contribution is -1.85. The quantitative estimate of drug-likeness (QED) is 0.709. The van der Waals surface area contributed by atoms with Crippen molar-refractivity contribution in [2.45, 2.75) is 6.92 Å². The van der Waals surface area contributed by atoms with Crippen molar-refractivity contribution < 1.29 is 5.11 Å². The number of hydrogen-bond acceptors (Lipinski definition) is 3. The molecule has 0 unspecified atom stereocenters. The van der Waals surface area contributed by atoms with Gasteiger partial charge in [0.1, 0.15) is 5.75 Å². The van der Waals surface area contributed by atoms with Crippen LogP contribution in [0.25, 0.3) is 10.9 Å². The summed E-state index contributed by atoms with van der Waals surface area (Å²) in [7, 11) is 0. The lowest BCUT2D eigenvalue weighted by molar-refractivity contribution is 0.474. The SMILES string of the molecule is Cc1cccc2ccc(N=Cc3ccccc3O)nc12. The Labute approximate surface area is 117 Å². The van der Waals surface area contributed by atoms with Crippen LogP contribution in [0.4, 0.5) is 5.82 Å². The number of aromatic nitrogens is 1. The minimum atomic E-state index is 0.216. The minimum absolute atomic E-state index is 0.216. The van der Waals surface area contributed by atoms with Crippen molar-refractivity contribution in [3.63, 3.8) is 0 Å². The molecule has 0 atom stereocenters. The highest BCUT2D eigenvalue weighted by Crippen LogP contribution is 2.20. The van der Waals surface area contributed by atoms with E-state index in [1.165, 1.54) is 0 Å². The molecule has 0 fully saturated rings. The summed E-state index contributed by atoms with van der Waals surface area (Å²) >= 11 is 0. The molecule has 0 aliphatic carbocycles. The summed E-state index contributed by atoms with van der Waals surface area (Å²) in [5, 5.41) is 10.8. The van der Waals surface area contributed by atoms with Gasteiger partial charge < -0.3 is 5.11 Å². The highest BCUT2D eigenvalue weighted by molar-refractivity contribution is 5.86. The van der Waals surface area contributed by atoms with E-state index in [1.54, 1.807) is 18.3 Å². The van der Waals surface area contributed by atoms with Crippen LogP contribution in [0.1, 0.15) is 11.1 Å². The zero-order chi connectivity index (χ0) is 13.9. The van der Waals surface area contributed by atoms with Crippen molar-refractivity contribution in [2.24, 2.45) is 4.99 Å². The monoisotopic (exact) mass is 262 g/mol. The zero-order valence-electron chi connectivity index (χ0n) is 11.1. The van der Waals surface area contributed by atoms with Crippen LogP contribution in [0.2, 0.25) is 0 Å². The molecule has 0 radical (unpaired) electrons. The molecule has 0 saturated heterocycles. The first-order valence-corrected chi connectivity index (χ1v) is 6.42. The van der Waals surface area contributed by atoms with Gasteiger partial charge in [-0.3, -0.25) is 0 Å². The topological polar surface area (TPSA) is 45.5 Å². The summed E-state index contributed by atoms with van der Waals surface area (Å²) in [6.07, 6.45) is 1.63. The average Bonchev–Trinajstić information content (AvgIpc) is 2.47. The second kappa shape index (κ2) is 5.13. The summed E-state index contributed by atoms with van der Waals surface area (Å²) in [4.78, 5) is 8.87. The van der Waals surface area contributed by atoms with Crippen LogP contribution in [0.3, 0.4) is 0 Å². The number of benzene rings is 2. The van der Waals surface area contributed by atoms with Crippen LogP contribution >= 0.6 is 0 Å². The molecule has 20 heavy (non-hydrogen) atoms. The van der Waals surface area contributed by atoms with Crippen molar-refractivity contribution >= 4 is 22.9 Å². The Bertz CT molecular complexity index is 794. The van der Waals surface area contributed by atoms with E-state index in [9.17, 15) is 5.11 Å². The van der Waals surface area contributed by atoms with E-state index in [-0.39, 0.29) is 5.75 Å². The number of aryl methyl sites for hydroxylation is 1. The lowest BCUT2D eigenvalue weighted by Gasteiger charge is -2.02. The van der Waals surface area contributed by atoms with E-state index < -0.39 is 0 Å². The van der Waals surface area contributed by atoms with E-state index in [4.69, 9.17) is 0 Å². The number of aliphatic imine (C=N–C) groups is 1. The van der Waals surface area contributed by atoms with Crippen molar-refractivity contribution in [3.05, 3.63) is 65.7 Å². The Balaban J connectivity index is 1.99. The number of para-hydroxylation sites is 2. The molecular weight excluding hydrogens is 248 g/mol. The Kier molecular flexibility index (Phi) is 3.17. The van der Waals surface area contributed by atoms with E-state index in [2.05, 4.69) is 9.98 Å². The van der Waals surface area contributed by atoms with Gasteiger partial charge in [0.2, 0.25) is 0 Å². The number of aromatic hydroxyl groups is 1. The second-order valence-electron chi connectivity index (χ2n) is 4.63. The van der Waals surface area contributed by atoms with Crippen LogP contribution in [0.5, 0.6) is 5.75 Å². The van der Waals surface area contributed by atoms with Crippen LogP contribution < -0.4 is 0 Å². The molecule has 1 N–H and O–H groups in total. The van der Waals surface area contributed by atoms with Crippen molar-refractivity contribution in [2.75, 3.05) is 0 Å². The van der Waals surface area contributed by atoms with Gasteiger partial charge in [0.05, 0.1) is 5.52 Å². The highest BCUT2D eigenvalue weighted by atomic mass is 16.3. The number of hydrogen-bond donors (Lipinski definition) is 1. The molecule has 1 heterocycles. The normalized spacial score (nSPS) is 11.2. The molecule has 0 aliphatic heterocycles. The molecule has 0 amide bonds. The number of phenolic OH excluding ortho intramolecular Hbond substituents is 1. The third-order valence-corrected chi connectivity index (χ3v) is 3.18. The van der Waals surface area contributed by atoms with Crippen molar-refractivity contribution in [3.8, 4) is 5.75 Å². The molecule has 3 heteroatoms. The number of rotatable bonds is 2. The third kappa shape index (κ3) is 2.38. The van der Waals surface area contributed by atoms with Gasteiger partial charge in [-0.05, 0) is 36.8 Å².